The van der Waals surface area contributed by atoms with Gasteiger partial charge in [-0.3, -0.25) is 0 Å². The number of benzene rings is 1. The highest BCUT2D eigenvalue weighted by atomic mass is 28.2. The molecule has 0 saturated heterocycles. The summed E-state index contributed by atoms with van der Waals surface area (Å²) >= 11 is 0. The maximum absolute atomic E-state index is 5.17. The van der Waals surface area contributed by atoms with Crippen molar-refractivity contribution in [2.75, 3.05) is 0 Å². The number of rotatable bonds is 2. The van der Waals surface area contributed by atoms with Crippen molar-refractivity contribution in [2.24, 2.45) is 0 Å². The Kier molecular flexibility index (Phi) is 3.84. The Balaban J connectivity index is 1.94. The van der Waals surface area contributed by atoms with Crippen LogP contribution in [0.4, 0.5) is 0 Å². The predicted octanol–water partition coefficient (Wildman–Crippen LogP) is 2.57. The largest absolute Gasteiger partial charge is 0.456 e. The van der Waals surface area contributed by atoms with E-state index >= 15 is 0 Å². The summed E-state index contributed by atoms with van der Waals surface area (Å²) in [4.78, 5) is 0. The summed E-state index contributed by atoms with van der Waals surface area (Å²) in [7, 11) is -0.362. The molecule has 1 heterocycles. The van der Waals surface area contributed by atoms with Crippen LogP contribution in [0.1, 0.15) is 22.5 Å². The van der Waals surface area contributed by atoms with Gasteiger partial charge in [0.25, 0.3) is 0 Å². The molecule has 0 aliphatic carbocycles. The first-order valence-corrected chi connectivity index (χ1v) is 7.54. The lowest BCUT2D eigenvalue weighted by Crippen LogP contribution is -1.95. The fraction of sp³-hybridized carbons (Fsp3) is 0.200. The third kappa shape index (κ3) is 3.65. The van der Waals surface area contributed by atoms with Gasteiger partial charge in [-0.1, -0.05) is 29.3 Å². The second kappa shape index (κ2) is 5.56. The second-order valence-electron chi connectivity index (χ2n) is 4.28. The summed E-state index contributed by atoms with van der Waals surface area (Å²) in [6.45, 7) is 4.29. The normalized spacial score (nSPS) is 10.5. The lowest BCUT2D eigenvalue weighted by molar-refractivity contribution is 0.554. The van der Waals surface area contributed by atoms with E-state index in [1.54, 1.807) is 6.26 Å². The van der Waals surface area contributed by atoms with Crippen molar-refractivity contribution in [3.8, 4) is 11.5 Å². The average Bonchev–Trinajstić information content (AvgIpc) is 2.76. The zero-order valence-corrected chi connectivity index (χ0v) is 11.7. The van der Waals surface area contributed by atoms with Crippen LogP contribution >= 0.6 is 0 Å². The molecule has 0 aliphatic rings. The van der Waals surface area contributed by atoms with Crippen LogP contribution in [0.2, 0.25) is 0 Å². The van der Waals surface area contributed by atoms with Gasteiger partial charge < -0.3 is 4.42 Å². The summed E-state index contributed by atoms with van der Waals surface area (Å²) < 4.78 is 5.17. The van der Waals surface area contributed by atoms with Gasteiger partial charge in [0.15, 0.2) is 5.76 Å². The minimum absolute atomic E-state index is 0.362. The van der Waals surface area contributed by atoms with Crippen LogP contribution in [-0.4, -0.2) is 9.52 Å². The molecule has 17 heavy (non-hydrogen) atoms. The molecule has 86 valence electrons. The molecule has 1 aromatic heterocycles. The van der Waals surface area contributed by atoms with Crippen LogP contribution in [0.5, 0.6) is 0 Å². The first-order valence-electron chi connectivity index (χ1n) is 5.83. The first kappa shape index (κ1) is 11.8. The van der Waals surface area contributed by atoms with E-state index in [0.29, 0.717) is 0 Å². The van der Waals surface area contributed by atoms with Gasteiger partial charge in [0.1, 0.15) is 9.52 Å². The molecule has 1 aromatic carbocycles. The number of hydrogen-bond acceptors (Lipinski definition) is 1. The fourth-order valence-electron chi connectivity index (χ4n) is 1.92. The van der Waals surface area contributed by atoms with E-state index in [9.17, 15) is 0 Å². The molecule has 0 saturated carbocycles. The molecule has 0 aliphatic heterocycles. The van der Waals surface area contributed by atoms with Gasteiger partial charge in [0.05, 0.1) is 6.26 Å². The molecule has 2 rings (SSSR count). The molecule has 0 bridgehead atoms. The lowest BCUT2D eigenvalue weighted by Gasteiger charge is -2.01. The Morgan fingerprint density at radius 1 is 1.18 bits per heavy atom. The summed E-state index contributed by atoms with van der Waals surface area (Å²) in [5.74, 6) is 3.85. The maximum atomic E-state index is 5.17. The third-order valence-corrected chi connectivity index (χ3v) is 3.81. The third-order valence-electron chi connectivity index (χ3n) is 2.55. The molecule has 0 spiro atoms. The van der Waals surface area contributed by atoms with E-state index in [2.05, 4.69) is 43.5 Å². The topological polar surface area (TPSA) is 13.1 Å². The fourth-order valence-corrected chi connectivity index (χ4v) is 2.92. The van der Waals surface area contributed by atoms with E-state index in [1.807, 2.05) is 12.1 Å². The minimum Gasteiger partial charge on any atom is -0.456 e. The molecule has 2 aromatic rings. The van der Waals surface area contributed by atoms with Crippen LogP contribution in [0.25, 0.3) is 0 Å². The Morgan fingerprint density at radius 3 is 2.59 bits per heavy atom. The van der Waals surface area contributed by atoms with E-state index in [-0.39, 0.29) is 9.52 Å². The number of aryl methyl sites for hydroxylation is 2. The highest BCUT2D eigenvalue weighted by molar-refractivity contribution is 6.45. The van der Waals surface area contributed by atoms with Gasteiger partial charge >= 0.3 is 0 Å². The van der Waals surface area contributed by atoms with Gasteiger partial charge in [0, 0.05) is 0 Å². The Morgan fingerprint density at radius 2 is 1.94 bits per heavy atom. The summed E-state index contributed by atoms with van der Waals surface area (Å²) in [6, 6.07) is 11.6. The quantitative estimate of drug-likeness (QED) is 0.581. The molecule has 0 N–H and O–H groups in total. The average molecular weight is 240 g/mol. The van der Waals surface area contributed by atoms with Crippen molar-refractivity contribution in [2.45, 2.75) is 19.9 Å². The Hall–Kier alpha value is -1.72. The van der Waals surface area contributed by atoms with Crippen molar-refractivity contribution < 1.29 is 4.42 Å². The van der Waals surface area contributed by atoms with Gasteiger partial charge in [-0.05, 0) is 43.5 Å². The maximum Gasteiger partial charge on any atom is 0.175 e. The molecular weight excluding hydrogens is 224 g/mol. The SMILES string of the molecule is Cc1cc(C)cc(C[SiH2]C#Cc2ccco2)c1. The number of furan rings is 1. The number of hydrogen-bond donors (Lipinski definition) is 0. The standard InChI is InChI=1S/C15H16OSi/c1-12-8-13(2)10-14(9-12)11-17-7-5-15-4-3-6-16-15/h3-4,6,8-10H,11,17H2,1-2H3. The smallest absolute Gasteiger partial charge is 0.175 e. The molecule has 0 unspecified atom stereocenters. The van der Waals surface area contributed by atoms with Crippen molar-refractivity contribution in [1.29, 1.82) is 0 Å². The van der Waals surface area contributed by atoms with E-state index in [0.717, 1.165) is 11.8 Å². The minimum atomic E-state index is -0.362. The Bertz CT molecular complexity index is 524. The van der Waals surface area contributed by atoms with Crippen LogP contribution in [-0.2, 0) is 6.04 Å². The van der Waals surface area contributed by atoms with Gasteiger partial charge in [0.2, 0.25) is 0 Å². The molecule has 2 heteroatoms. The van der Waals surface area contributed by atoms with Gasteiger partial charge in [-0.15, -0.1) is 5.54 Å². The molecule has 0 amide bonds. The van der Waals surface area contributed by atoms with Crippen LogP contribution in [0, 0.1) is 25.3 Å². The van der Waals surface area contributed by atoms with Crippen molar-refractivity contribution in [3.63, 3.8) is 0 Å². The van der Waals surface area contributed by atoms with Gasteiger partial charge in [-0.25, -0.2) is 0 Å². The van der Waals surface area contributed by atoms with Crippen LogP contribution < -0.4 is 0 Å². The molecule has 0 radical (unpaired) electrons. The lowest BCUT2D eigenvalue weighted by atomic mass is 10.1. The monoisotopic (exact) mass is 240 g/mol. The zero-order chi connectivity index (χ0) is 12.1. The highest BCUT2D eigenvalue weighted by Crippen LogP contribution is 2.08. The molecule has 1 nitrogen and oxygen atoms in total. The van der Waals surface area contributed by atoms with Crippen LogP contribution in [0.3, 0.4) is 0 Å². The second-order valence-corrected chi connectivity index (χ2v) is 5.63. The van der Waals surface area contributed by atoms with Gasteiger partial charge in [-0.2, -0.15) is 0 Å². The van der Waals surface area contributed by atoms with Crippen molar-refractivity contribution in [1.82, 2.24) is 0 Å². The predicted molar refractivity (Wildman–Crippen MR) is 73.8 cm³/mol. The summed E-state index contributed by atoms with van der Waals surface area (Å²) in [6.07, 6.45) is 1.66. The summed E-state index contributed by atoms with van der Waals surface area (Å²) in [5.41, 5.74) is 7.37. The van der Waals surface area contributed by atoms with E-state index < -0.39 is 0 Å². The molecule has 0 fully saturated rings. The Labute approximate surface area is 105 Å². The molecule has 0 atom stereocenters. The summed E-state index contributed by atoms with van der Waals surface area (Å²) in [5, 5.41) is 0. The van der Waals surface area contributed by atoms with Crippen molar-refractivity contribution in [3.05, 3.63) is 59.0 Å². The zero-order valence-electron chi connectivity index (χ0n) is 10.3. The molecular formula is C15H16OSi. The van der Waals surface area contributed by atoms with E-state index in [1.165, 1.54) is 16.7 Å². The first-order chi connectivity index (χ1) is 8.24. The van der Waals surface area contributed by atoms with Crippen molar-refractivity contribution >= 4 is 9.52 Å². The van der Waals surface area contributed by atoms with Crippen LogP contribution in [0.15, 0.2) is 41.0 Å². The highest BCUT2D eigenvalue weighted by Gasteiger charge is 1.95. The van der Waals surface area contributed by atoms with E-state index in [4.69, 9.17) is 4.42 Å².